The SMILES string of the molecule is O=C(c1nc(-c2ccc(Cl)cc2)nc(-c2ccc(Cl)cc2)n1)N1CCC(N2CCC[C@@H](C(=O)N3CCOCC3)C2)CC1. The average molecular weight is 610 g/mol. The number of amides is 2. The van der Waals surface area contributed by atoms with Gasteiger partial charge in [-0.1, -0.05) is 23.2 Å². The Kier molecular flexibility index (Phi) is 9.00. The summed E-state index contributed by atoms with van der Waals surface area (Å²) in [5.74, 6) is 1.04. The van der Waals surface area contributed by atoms with Crippen molar-refractivity contribution in [2.24, 2.45) is 5.92 Å². The maximum Gasteiger partial charge on any atom is 0.291 e. The van der Waals surface area contributed by atoms with E-state index in [2.05, 4.69) is 19.9 Å². The Hall–Kier alpha value is -3.11. The Morgan fingerprint density at radius 1 is 0.714 bits per heavy atom. The summed E-state index contributed by atoms with van der Waals surface area (Å²) < 4.78 is 5.42. The molecule has 6 rings (SSSR count). The fraction of sp³-hybridized carbons (Fsp3) is 0.452. The molecular weight excluding hydrogens is 575 g/mol. The minimum Gasteiger partial charge on any atom is -0.378 e. The highest BCUT2D eigenvalue weighted by Crippen LogP contribution is 2.27. The molecule has 3 aromatic rings. The number of benzene rings is 2. The number of hydrogen-bond donors (Lipinski definition) is 0. The second-order valence-corrected chi connectivity index (χ2v) is 12.0. The number of piperidine rings is 2. The van der Waals surface area contributed by atoms with Crippen molar-refractivity contribution >= 4 is 35.0 Å². The first-order chi connectivity index (χ1) is 20.4. The molecule has 3 aliphatic heterocycles. The molecule has 0 unspecified atom stereocenters. The predicted octanol–water partition coefficient (Wildman–Crippen LogP) is 4.69. The van der Waals surface area contributed by atoms with E-state index in [0.29, 0.717) is 67.1 Å². The first kappa shape index (κ1) is 29.0. The van der Waals surface area contributed by atoms with E-state index in [1.165, 1.54) is 0 Å². The van der Waals surface area contributed by atoms with Crippen LogP contribution in [0.15, 0.2) is 48.5 Å². The van der Waals surface area contributed by atoms with Gasteiger partial charge in [0.1, 0.15) is 0 Å². The van der Waals surface area contributed by atoms with Crippen molar-refractivity contribution in [3.8, 4) is 22.8 Å². The molecule has 0 N–H and O–H groups in total. The quantitative estimate of drug-likeness (QED) is 0.415. The number of carbonyl (C=O) groups excluding carboxylic acids is 2. The molecule has 11 heteroatoms. The fourth-order valence-electron chi connectivity index (χ4n) is 6.08. The topological polar surface area (TPSA) is 91.8 Å². The monoisotopic (exact) mass is 608 g/mol. The molecule has 1 atom stereocenters. The highest BCUT2D eigenvalue weighted by Gasteiger charge is 2.35. The van der Waals surface area contributed by atoms with Gasteiger partial charge >= 0.3 is 0 Å². The number of ether oxygens (including phenoxy) is 1. The molecule has 2 aromatic carbocycles. The van der Waals surface area contributed by atoms with Gasteiger partial charge < -0.3 is 14.5 Å². The van der Waals surface area contributed by atoms with Crippen LogP contribution >= 0.6 is 23.2 Å². The van der Waals surface area contributed by atoms with E-state index in [1.807, 2.05) is 34.1 Å². The summed E-state index contributed by atoms with van der Waals surface area (Å²) >= 11 is 12.2. The molecule has 0 bridgehead atoms. The second-order valence-electron chi connectivity index (χ2n) is 11.1. The summed E-state index contributed by atoms with van der Waals surface area (Å²) in [4.78, 5) is 47.0. The number of carbonyl (C=O) groups is 2. The van der Waals surface area contributed by atoms with E-state index in [9.17, 15) is 9.59 Å². The van der Waals surface area contributed by atoms with Crippen LogP contribution in [0.2, 0.25) is 10.0 Å². The van der Waals surface area contributed by atoms with Gasteiger partial charge in [0.05, 0.1) is 19.1 Å². The van der Waals surface area contributed by atoms with Crippen LogP contribution in [-0.2, 0) is 9.53 Å². The first-order valence-corrected chi connectivity index (χ1v) is 15.4. The molecule has 3 saturated heterocycles. The van der Waals surface area contributed by atoms with Crippen LogP contribution in [-0.4, -0.2) is 100.0 Å². The highest BCUT2D eigenvalue weighted by molar-refractivity contribution is 6.30. The molecule has 2 amide bonds. The molecule has 42 heavy (non-hydrogen) atoms. The zero-order valence-electron chi connectivity index (χ0n) is 23.4. The Bertz CT molecular complexity index is 1340. The summed E-state index contributed by atoms with van der Waals surface area (Å²) in [5, 5.41) is 1.21. The zero-order chi connectivity index (χ0) is 29.1. The lowest BCUT2D eigenvalue weighted by Crippen LogP contribution is -2.53. The van der Waals surface area contributed by atoms with Crippen molar-refractivity contribution in [3.05, 3.63) is 64.4 Å². The van der Waals surface area contributed by atoms with Gasteiger partial charge in [0.2, 0.25) is 11.7 Å². The fourth-order valence-corrected chi connectivity index (χ4v) is 6.34. The minimum absolute atomic E-state index is 0.0410. The Balaban J connectivity index is 1.15. The summed E-state index contributed by atoms with van der Waals surface area (Å²) in [6, 6.07) is 14.8. The standard InChI is InChI=1S/C31H34Cl2N6O3/c32-24-7-3-21(4-8-24)27-34-28(22-5-9-25(33)10-6-22)36-29(35-27)31(41)37-14-11-26(12-15-37)39-13-1-2-23(20-39)30(40)38-16-18-42-19-17-38/h3-10,23,26H,1-2,11-20H2/t23-/m1/s1. The van der Waals surface area contributed by atoms with Crippen molar-refractivity contribution in [3.63, 3.8) is 0 Å². The minimum atomic E-state index is -0.208. The van der Waals surface area contributed by atoms with E-state index in [-0.39, 0.29) is 23.6 Å². The van der Waals surface area contributed by atoms with Crippen LogP contribution in [0.5, 0.6) is 0 Å². The molecular formula is C31H34Cl2N6O3. The molecule has 1 aromatic heterocycles. The number of aromatic nitrogens is 3. The molecule has 0 aliphatic carbocycles. The van der Waals surface area contributed by atoms with Gasteiger partial charge in [-0.15, -0.1) is 0 Å². The zero-order valence-corrected chi connectivity index (χ0v) is 24.9. The molecule has 9 nitrogen and oxygen atoms in total. The van der Waals surface area contributed by atoms with Crippen molar-refractivity contribution < 1.29 is 14.3 Å². The third-order valence-electron chi connectivity index (χ3n) is 8.42. The van der Waals surface area contributed by atoms with Gasteiger partial charge in [-0.2, -0.15) is 0 Å². The first-order valence-electron chi connectivity index (χ1n) is 14.6. The maximum atomic E-state index is 13.7. The Labute approximate surface area is 255 Å². The molecule has 0 saturated carbocycles. The number of halogens is 2. The third-order valence-corrected chi connectivity index (χ3v) is 8.93. The molecule has 3 aliphatic rings. The van der Waals surface area contributed by atoms with Gasteiger partial charge in [0, 0.05) is 59.9 Å². The second kappa shape index (κ2) is 13.0. The van der Waals surface area contributed by atoms with Crippen molar-refractivity contribution in [1.29, 1.82) is 0 Å². The van der Waals surface area contributed by atoms with Crippen molar-refractivity contribution in [1.82, 2.24) is 29.7 Å². The lowest BCUT2D eigenvalue weighted by atomic mass is 9.92. The normalized spacial score (nSPS) is 20.5. The van der Waals surface area contributed by atoms with E-state index in [1.54, 1.807) is 24.3 Å². The molecule has 4 heterocycles. The number of hydrogen-bond acceptors (Lipinski definition) is 7. The van der Waals surface area contributed by atoms with Gasteiger partial charge in [-0.3, -0.25) is 14.5 Å². The van der Waals surface area contributed by atoms with E-state index in [4.69, 9.17) is 27.9 Å². The van der Waals surface area contributed by atoms with Gasteiger partial charge in [0.25, 0.3) is 5.91 Å². The Morgan fingerprint density at radius 2 is 1.29 bits per heavy atom. The third kappa shape index (κ3) is 6.59. The summed E-state index contributed by atoms with van der Waals surface area (Å²) in [6.07, 6.45) is 3.66. The molecule has 0 radical (unpaired) electrons. The van der Waals surface area contributed by atoms with Gasteiger partial charge in [-0.25, -0.2) is 15.0 Å². The molecule has 0 spiro atoms. The largest absolute Gasteiger partial charge is 0.378 e. The number of rotatable bonds is 5. The van der Waals surface area contributed by atoms with Crippen LogP contribution in [0, 0.1) is 5.92 Å². The predicted molar refractivity (Wildman–Crippen MR) is 161 cm³/mol. The van der Waals surface area contributed by atoms with Crippen LogP contribution < -0.4 is 0 Å². The summed E-state index contributed by atoms with van der Waals surface area (Å²) in [7, 11) is 0. The number of nitrogens with zero attached hydrogens (tertiary/aromatic N) is 6. The lowest BCUT2D eigenvalue weighted by Gasteiger charge is -2.42. The maximum absolute atomic E-state index is 13.7. The lowest BCUT2D eigenvalue weighted by molar-refractivity contribution is -0.141. The molecule has 3 fully saturated rings. The smallest absolute Gasteiger partial charge is 0.291 e. The van der Waals surface area contributed by atoms with Gasteiger partial charge in [-0.05, 0) is 80.8 Å². The van der Waals surface area contributed by atoms with Crippen LogP contribution in [0.25, 0.3) is 22.8 Å². The van der Waals surface area contributed by atoms with Crippen LogP contribution in [0.1, 0.15) is 36.3 Å². The van der Waals surface area contributed by atoms with Crippen LogP contribution in [0.3, 0.4) is 0 Å². The van der Waals surface area contributed by atoms with Crippen molar-refractivity contribution in [2.45, 2.75) is 31.7 Å². The summed E-state index contributed by atoms with van der Waals surface area (Å²) in [5.41, 5.74) is 1.49. The van der Waals surface area contributed by atoms with Crippen LogP contribution in [0.4, 0.5) is 0 Å². The number of morpholine rings is 1. The summed E-state index contributed by atoms with van der Waals surface area (Å²) in [6.45, 7) is 5.63. The van der Waals surface area contributed by atoms with E-state index >= 15 is 0 Å². The Morgan fingerprint density at radius 3 is 1.86 bits per heavy atom. The molecule has 220 valence electrons. The highest BCUT2D eigenvalue weighted by atomic mass is 35.5. The van der Waals surface area contributed by atoms with Crippen molar-refractivity contribution in [2.75, 3.05) is 52.5 Å². The van der Waals surface area contributed by atoms with E-state index < -0.39 is 0 Å². The van der Waals surface area contributed by atoms with E-state index in [0.717, 1.165) is 49.9 Å². The number of likely N-dealkylation sites (tertiary alicyclic amines) is 2. The average Bonchev–Trinajstić information content (AvgIpc) is 3.05. The van der Waals surface area contributed by atoms with Gasteiger partial charge in [0.15, 0.2) is 11.6 Å².